The molecule has 3 heteroatoms. The van der Waals surface area contributed by atoms with Gasteiger partial charge in [0.1, 0.15) is 11.2 Å². The average molecular weight is 720 g/mol. The highest BCUT2D eigenvalue weighted by Crippen LogP contribution is 2.46. The van der Waals surface area contributed by atoms with Gasteiger partial charge in [-0.05, 0) is 93.4 Å². The van der Waals surface area contributed by atoms with Crippen molar-refractivity contribution in [2.75, 3.05) is 4.90 Å². The van der Waals surface area contributed by atoms with Crippen molar-refractivity contribution in [3.63, 3.8) is 0 Å². The van der Waals surface area contributed by atoms with E-state index >= 15 is 0 Å². The number of benzene rings is 9. The van der Waals surface area contributed by atoms with Crippen LogP contribution < -0.4 is 4.90 Å². The number of rotatable bonds is 6. The second kappa shape index (κ2) is 12.9. The van der Waals surface area contributed by atoms with Gasteiger partial charge in [-0.3, -0.25) is 0 Å². The molecule has 11 aromatic rings. The van der Waals surface area contributed by atoms with Crippen LogP contribution in [0.2, 0.25) is 0 Å². The van der Waals surface area contributed by atoms with Crippen LogP contribution in [-0.2, 0) is 0 Å². The molecule has 0 amide bonds. The molecule has 0 unspecified atom stereocenters. The molecule has 0 saturated carbocycles. The van der Waals surface area contributed by atoms with Crippen molar-refractivity contribution in [1.29, 1.82) is 0 Å². The van der Waals surface area contributed by atoms with Crippen molar-refractivity contribution in [2.45, 2.75) is 0 Å². The average Bonchev–Trinajstić information content (AvgIpc) is 3.84. The molecule has 0 radical (unpaired) electrons. The van der Waals surface area contributed by atoms with E-state index in [2.05, 4.69) is 205 Å². The number of furan rings is 1. The Morgan fingerprint density at radius 2 is 0.945 bits per heavy atom. The lowest BCUT2D eigenvalue weighted by atomic mass is 9.97. The predicted molar refractivity (Wildman–Crippen MR) is 235 cm³/mol. The molecule has 0 aliphatic heterocycles. The predicted octanol–water partition coefficient (Wildman–Crippen LogP) is 15.6. The van der Waals surface area contributed by atoms with Crippen LogP contribution >= 0.6 is 11.3 Å². The number of hydrogen-bond donors (Lipinski definition) is 0. The van der Waals surface area contributed by atoms with Crippen LogP contribution in [0.25, 0.3) is 86.3 Å². The van der Waals surface area contributed by atoms with E-state index in [0.717, 1.165) is 55.5 Å². The fraction of sp³-hybridized carbons (Fsp3) is 0. The highest BCUT2D eigenvalue weighted by molar-refractivity contribution is 7.26. The Bertz CT molecular complexity index is 3170. The fourth-order valence-corrected chi connectivity index (χ4v) is 9.37. The van der Waals surface area contributed by atoms with Gasteiger partial charge in [0.25, 0.3) is 0 Å². The summed E-state index contributed by atoms with van der Waals surface area (Å²) in [6.45, 7) is 0. The summed E-state index contributed by atoms with van der Waals surface area (Å²) < 4.78 is 9.11. The first kappa shape index (κ1) is 31.6. The lowest BCUT2D eigenvalue weighted by Crippen LogP contribution is -2.10. The van der Waals surface area contributed by atoms with Crippen molar-refractivity contribution in [3.05, 3.63) is 200 Å². The van der Waals surface area contributed by atoms with Crippen LogP contribution in [0.15, 0.2) is 205 Å². The van der Waals surface area contributed by atoms with E-state index in [1.807, 2.05) is 11.3 Å². The van der Waals surface area contributed by atoms with Crippen LogP contribution in [0, 0.1) is 0 Å². The lowest BCUT2D eigenvalue weighted by molar-refractivity contribution is 0.673. The Morgan fingerprint density at radius 1 is 0.364 bits per heavy atom. The number of thiophene rings is 1. The monoisotopic (exact) mass is 719 g/mol. The Morgan fingerprint density at radius 3 is 1.69 bits per heavy atom. The highest BCUT2D eigenvalue weighted by Gasteiger charge is 2.20. The summed E-state index contributed by atoms with van der Waals surface area (Å²) in [7, 11) is 0. The molecule has 258 valence electrons. The van der Waals surface area contributed by atoms with Crippen LogP contribution in [0.1, 0.15) is 0 Å². The highest BCUT2D eigenvalue weighted by atomic mass is 32.1. The molecular weight excluding hydrogens is 687 g/mol. The molecular formula is C52H33NOS. The zero-order valence-electron chi connectivity index (χ0n) is 29.8. The van der Waals surface area contributed by atoms with Crippen molar-refractivity contribution >= 4 is 81.3 Å². The Hall–Kier alpha value is -6.94. The molecule has 0 aliphatic carbocycles. The maximum atomic E-state index is 6.53. The van der Waals surface area contributed by atoms with Gasteiger partial charge in [-0.2, -0.15) is 0 Å². The molecule has 2 heterocycles. The molecule has 0 saturated heterocycles. The maximum absolute atomic E-state index is 6.53. The van der Waals surface area contributed by atoms with Crippen LogP contribution in [0.3, 0.4) is 0 Å². The number of hydrogen-bond acceptors (Lipinski definition) is 3. The van der Waals surface area contributed by atoms with Gasteiger partial charge in [-0.25, -0.2) is 0 Å². The fourth-order valence-electron chi connectivity index (χ4n) is 8.24. The first-order valence-electron chi connectivity index (χ1n) is 18.7. The Balaban J connectivity index is 1.03. The van der Waals surface area contributed by atoms with E-state index in [4.69, 9.17) is 4.42 Å². The molecule has 11 rings (SSSR count). The largest absolute Gasteiger partial charge is 0.455 e. The molecule has 0 atom stereocenters. The summed E-state index contributed by atoms with van der Waals surface area (Å²) in [6, 6.07) is 72.1. The second-order valence-electron chi connectivity index (χ2n) is 14.1. The van der Waals surface area contributed by atoms with Gasteiger partial charge in [-0.15, -0.1) is 11.3 Å². The minimum absolute atomic E-state index is 0.903. The van der Waals surface area contributed by atoms with Gasteiger partial charge < -0.3 is 9.32 Å². The second-order valence-corrected chi connectivity index (χ2v) is 15.1. The number of fused-ring (bicyclic) bond motifs is 8. The quantitative estimate of drug-likeness (QED) is 0.170. The van der Waals surface area contributed by atoms with Gasteiger partial charge in [0.15, 0.2) is 0 Å². The third-order valence-corrected chi connectivity index (χ3v) is 12.0. The van der Waals surface area contributed by atoms with Crippen LogP contribution in [0.5, 0.6) is 0 Å². The molecule has 0 spiro atoms. The normalized spacial score (nSPS) is 11.6. The summed E-state index contributed by atoms with van der Waals surface area (Å²) in [5.74, 6) is 0. The van der Waals surface area contributed by atoms with Gasteiger partial charge in [0.2, 0.25) is 0 Å². The van der Waals surface area contributed by atoms with Gasteiger partial charge in [0.05, 0.1) is 5.69 Å². The van der Waals surface area contributed by atoms with E-state index in [1.54, 1.807) is 0 Å². The first-order chi connectivity index (χ1) is 27.3. The van der Waals surface area contributed by atoms with E-state index in [-0.39, 0.29) is 0 Å². The van der Waals surface area contributed by atoms with Gasteiger partial charge in [-0.1, -0.05) is 146 Å². The number of nitrogens with zero attached hydrogens (tertiary/aromatic N) is 1. The van der Waals surface area contributed by atoms with Gasteiger partial charge >= 0.3 is 0 Å². The molecule has 0 aliphatic rings. The van der Waals surface area contributed by atoms with Crippen molar-refractivity contribution in [1.82, 2.24) is 0 Å². The number of anilines is 3. The summed E-state index contributed by atoms with van der Waals surface area (Å²) in [5, 5.41) is 7.16. The Labute approximate surface area is 322 Å². The molecule has 9 aromatic carbocycles. The summed E-state index contributed by atoms with van der Waals surface area (Å²) in [5.41, 5.74) is 12.4. The zero-order valence-corrected chi connectivity index (χ0v) is 30.6. The lowest BCUT2D eigenvalue weighted by Gasteiger charge is -2.27. The molecule has 55 heavy (non-hydrogen) atoms. The summed E-state index contributed by atoms with van der Waals surface area (Å²) >= 11 is 1.85. The van der Waals surface area contributed by atoms with Crippen molar-refractivity contribution in [3.8, 4) is 33.4 Å². The minimum Gasteiger partial charge on any atom is -0.455 e. The maximum Gasteiger partial charge on any atom is 0.143 e. The van der Waals surface area contributed by atoms with E-state index in [0.29, 0.717) is 0 Å². The first-order valence-corrected chi connectivity index (χ1v) is 19.5. The zero-order chi connectivity index (χ0) is 36.3. The van der Waals surface area contributed by atoms with Crippen LogP contribution in [-0.4, -0.2) is 0 Å². The third kappa shape index (κ3) is 5.32. The summed E-state index contributed by atoms with van der Waals surface area (Å²) in [6.07, 6.45) is 0. The summed E-state index contributed by atoms with van der Waals surface area (Å²) in [4.78, 5) is 2.41. The minimum atomic E-state index is 0.903. The van der Waals surface area contributed by atoms with Crippen molar-refractivity contribution < 1.29 is 4.42 Å². The molecule has 0 N–H and O–H groups in total. The molecule has 2 aromatic heterocycles. The van der Waals surface area contributed by atoms with E-state index in [9.17, 15) is 0 Å². The topological polar surface area (TPSA) is 16.4 Å². The SMILES string of the molecule is c1ccc(-c2ccc(-c3ccc(N(c4ccc(-c5cccc6oc7c8ccccc8ccc7c56)cc4)c4cccc5sc6ccccc6c45)cc3)cc2)cc1. The molecule has 0 fully saturated rings. The van der Waals surface area contributed by atoms with Crippen LogP contribution in [0.4, 0.5) is 17.1 Å². The third-order valence-electron chi connectivity index (χ3n) is 10.9. The molecule has 0 bridgehead atoms. The standard InChI is InChI=1S/C52H33NOS/c1-2-10-34(11-3-1)35-20-22-36(23-21-35)37-24-29-40(30-25-37)53(46-16-9-19-49-51(46)44-14-6-7-18-48(44)55-49)41-31-26-39(27-32-41)42-15-8-17-47-50(42)45-33-28-38-12-4-5-13-43(38)52(45)54-47/h1-33H. The Kier molecular flexibility index (Phi) is 7.39. The smallest absolute Gasteiger partial charge is 0.143 e. The van der Waals surface area contributed by atoms with E-state index < -0.39 is 0 Å². The molecule has 2 nitrogen and oxygen atoms in total. The van der Waals surface area contributed by atoms with E-state index in [1.165, 1.54) is 47.8 Å². The van der Waals surface area contributed by atoms with Crippen molar-refractivity contribution in [2.24, 2.45) is 0 Å². The van der Waals surface area contributed by atoms with Gasteiger partial charge in [0, 0.05) is 47.7 Å².